The Kier molecular flexibility index (Phi) is 5.97. The van der Waals surface area contributed by atoms with Crippen LogP contribution in [0.25, 0.3) is 0 Å². The number of nitrogens with one attached hydrogen (secondary N) is 2. The van der Waals surface area contributed by atoms with Gasteiger partial charge in [0, 0.05) is 12.2 Å². The molecule has 0 aliphatic heterocycles. The van der Waals surface area contributed by atoms with E-state index >= 15 is 0 Å². The highest BCUT2D eigenvalue weighted by atomic mass is 19.4. The molecule has 0 aliphatic rings. The SMILES string of the molecule is CN(C)Cc1cccc(NC(=O)CNCC(F)(F)F)c1. The quantitative estimate of drug-likeness (QED) is 0.840. The van der Waals surface area contributed by atoms with Gasteiger partial charge in [-0.3, -0.25) is 4.79 Å². The van der Waals surface area contributed by atoms with E-state index in [0.29, 0.717) is 5.69 Å². The van der Waals surface area contributed by atoms with Crippen LogP contribution in [0.1, 0.15) is 5.56 Å². The molecule has 0 bridgehead atoms. The van der Waals surface area contributed by atoms with Crippen molar-refractivity contribution < 1.29 is 18.0 Å². The third kappa shape index (κ3) is 7.10. The molecule has 1 rings (SSSR count). The minimum Gasteiger partial charge on any atom is -0.325 e. The molecule has 20 heavy (non-hydrogen) atoms. The summed E-state index contributed by atoms with van der Waals surface area (Å²) in [5.41, 5.74) is 1.58. The molecule has 0 saturated carbocycles. The lowest BCUT2D eigenvalue weighted by Gasteiger charge is -2.12. The van der Waals surface area contributed by atoms with Crippen LogP contribution in [-0.4, -0.2) is 44.2 Å². The predicted molar refractivity (Wildman–Crippen MR) is 71.4 cm³/mol. The van der Waals surface area contributed by atoms with Gasteiger partial charge >= 0.3 is 6.18 Å². The molecule has 1 amide bonds. The summed E-state index contributed by atoms with van der Waals surface area (Å²) in [7, 11) is 3.85. The highest BCUT2D eigenvalue weighted by molar-refractivity contribution is 5.92. The zero-order valence-corrected chi connectivity index (χ0v) is 11.4. The Balaban J connectivity index is 2.45. The molecule has 0 unspecified atom stereocenters. The second kappa shape index (κ2) is 7.25. The minimum atomic E-state index is -4.31. The first-order valence-corrected chi connectivity index (χ1v) is 6.07. The number of amides is 1. The Morgan fingerprint density at radius 1 is 1.30 bits per heavy atom. The second-order valence-electron chi connectivity index (χ2n) is 4.71. The molecular formula is C13H18F3N3O. The van der Waals surface area contributed by atoms with Crippen LogP contribution < -0.4 is 10.6 Å². The van der Waals surface area contributed by atoms with Gasteiger partial charge in [0.1, 0.15) is 0 Å². The lowest BCUT2D eigenvalue weighted by molar-refractivity contribution is -0.126. The topological polar surface area (TPSA) is 44.4 Å². The van der Waals surface area contributed by atoms with Crippen LogP contribution >= 0.6 is 0 Å². The van der Waals surface area contributed by atoms with Crippen molar-refractivity contribution in [1.82, 2.24) is 10.2 Å². The maximum absolute atomic E-state index is 11.9. The Morgan fingerprint density at radius 3 is 2.60 bits per heavy atom. The summed E-state index contributed by atoms with van der Waals surface area (Å²) in [6.07, 6.45) is -4.31. The number of halogens is 3. The van der Waals surface area contributed by atoms with Crippen LogP contribution in [0.15, 0.2) is 24.3 Å². The molecule has 1 aromatic carbocycles. The van der Waals surface area contributed by atoms with Crippen LogP contribution in [0.5, 0.6) is 0 Å². The predicted octanol–water partition coefficient (Wildman–Crippen LogP) is 1.84. The molecule has 0 spiro atoms. The fourth-order valence-corrected chi connectivity index (χ4v) is 1.64. The largest absolute Gasteiger partial charge is 0.401 e. The normalized spacial score (nSPS) is 11.7. The van der Waals surface area contributed by atoms with Crippen molar-refractivity contribution in [2.75, 3.05) is 32.5 Å². The third-order valence-electron chi connectivity index (χ3n) is 2.32. The van der Waals surface area contributed by atoms with Crippen molar-refractivity contribution in [2.24, 2.45) is 0 Å². The average Bonchev–Trinajstić information content (AvgIpc) is 2.26. The number of carbonyl (C=O) groups is 1. The standard InChI is InChI=1S/C13H18F3N3O/c1-19(2)8-10-4-3-5-11(6-10)18-12(20)7-17-9-13(14,15)16/h3-6,17H,7-9H2,1-2H3,(H,18,20). The van der Waals surface area contributed by atoms with Gasteiger partial charge in [-0.25, -0.2) is 0 Å². The van der Waals surface area contributed by atoms with E-state index in [1.165, 1.54) is 0 Å². The summed E-state index contributed by atoms with van der Waals surface area (Å²) in [5.74, 6) is -0.503. The van der Waals surface area contributed by atoms with Crippen molar-refractivity contribution in [1.29, 1.82) is 0 Å². The summed E-state index contributed by atoms with van der Waals surface area (Å²) < 4.78 is 35.7. The highest BCUT2D eigenvalue weighted by Crippen LogP contribution is 2.13. The van der Waals surface area contributed by atoms with Gasteiger partial charge in [-0.05, 0) is 31.8 Å². The van der Waals surface area contributed by atoms with E-state index < -0.39 is 18.6 Å². The lowest BCUT2D eigenvalue weighted by atomic mass is 10.2. The summed E-state index contributed by atoms with van der Waals surface area (Å²) >= 11 is 0. The smallest absolute Gasteiger partial charge is 0.325 e. The molecule has 1 aromatic rings. The Morgan fingerprint density at radius 2 is 2.00 bits per heavy atom. The first kappa shape index (κ1) is 16.5. The van der Waals surface area contributed by atoms with E-state index in [1.54, 1.807) is 18.2 Å². The van der Waals surface area contributed by atoms with Crippen LogP contribution in [0.4, 0.5) is 18.9 Å². The van der Waals surface area contributed by atoms with Gasteiger partial charge in [0.2, 0.25) is 5.91 Å². The molecule has 0 radical (unpaired) electrons. The highest BCUT2D eigenvalue weighted by Gasteiger charge is 2.26. The molecule has 7 heteroatoms. The molecule has 4 nitrogen and oxygen atoms in total. The van der Waals surface area contributed by atoms with E-state index in [1.807, 2.05) is 30.4 Å². The number of alkyl halides is 3. The van der Waals surface area contributed by atoms with E-state index in [4.69, 9.17) is 0 Å². The molecule has 112 valence electrons. The van der Waals surface area contributed by atoms with Gasteiger partial charge in [0.25, 0.3) is 0 Å². The van der Waals surface area contributed by atoms with Crippen LogP contribution in [0.2, 0.25) is 0 Å². The van der Waals surface area contributed by atoms with E-state index in [-0.39, 0.29) is 6.54 Å². The Hall–Kier alpha value is -1.60. The zero-order chi connectivity index (χ0) is 15.2. The number of benzene rings is 1. The van der Waals surface area contributed by atoms with Crippen molar-refractivity contribution in [3.05, 3.63) is 29.8 Å². The molecular weight excluding hydrogens is 271 g/mol. The van der Waals surface area contributed by atoms with Gasteiger partial charge in [-0.1, -0.05) is 12.1 Å². The number of anilines is 1. The molecule has 2 N–H and O–H groups in total. The van der Waals surface area contributed by atoms with Gasteiger partial charge in [0.15, 0.2) is 0 Å². The molecule has 0 heterocycles. The number of carbonyl (C=O) groups excluding carboxylic acids is 1. The van der Waals surface area contributed by atoms with Crippen LogP contribution in [0, 0.1) is 0 Å². The van der Waals surface area contributed by atoms with E-state index in [9.17, 15) is 18.0 Å². The van der Waals surface area contributed by atoms with Crippen LogP contribution in [-0.2, 0) is 11.3 Å². The molecule has 0 saturated heterocycles. The molecule has 0 atom stereocenters. The maximum atomic E-state index is 11.9. The number of hydrogen-bond donors (Lipinski definition) is 2. The fraction of sp³-hybridized carbons (Fsp3) is 0.462. The van der Waals surface area contributed by atoms with Crippen LogP contribution in [0.3, 0.4) is 0 Å². The Bertz CT molecular complexity index is 447. The first-order chi connectivity index (χ1) is 9.26. The van der Waals surface area contributed by atoms with Gasteiger partial charge < -0.3 is 15.5 Å². The Labute approximate surface area is 116 Å². The maximum Gasteiger partial charge on any atom is 0.401 e. The van der Waals surface area contributed by atoms with Gasteiger partial charge in [-0.2, -0.15) is 13.2 Å². The van der Waals surface area contributed by atoms with Crippen molar-refractivity contribution in [3.8, 4) is 0 Å². The summed E-state index contributed by atoms with van der Waals surface area (Å²) in [6, 6.07) is 7.19. The molecule has 0 fully saturated rings. The van der Waals surface area contributed by atoms with Crippen molar-refractivity contribution in [2.45, 2.75) is 12.7 Å². The fourth-order valence-electron chi connectivity index (χ4n) is 1.64. The third-order valence-corrected chi connectivity index (χ3v) is 2.32. The second-order valence-corrected chi connectivity index (χ2v) is 4.71. The van der Waals surface area contributed by atoms with E-state index in [2.05, 4.69) is 5.32 Å². The number of rotatable bonds is 6. The lowest BCUT2D eigenvalue weighted by Crippen LogP contribution is -2.35. The van der Waals surface area contributed by atoms with Gasteiger partial charge in [0.05, 0.1) is 13.1 Å². The first-order valence-electron chi connectivity index (χ1n) is 6.07. The minimum absolute atomic E-state index is 0.378. The van der Waals surface area contributed by atoms with Crippen molar-refractivity contribution in [3.63, 3.8) is 0 Å². The van der Waals surface area contributed by atoms with E-state index in [0.717, 1.165) is 12.1 Å². The molecule has 0 aliphatic carbocycles. The number of nitrogens with zero attached hydrogens (tertiary/aromatic N) is 1. The summed E-state index contributed by atoms with van der Waals surface area (Å²) in [5, 5.41) is 4.60. The average molecular weight is 289 g/mol. The zero-order valence-electron chi connectivity index (χ0n) is 11.4. The number of hydrogen-bond acceptors (Lipinski definition) is 3. The van der Waals surface area contributed by atoms with Gasteiger partial charge in [-0.15, -0.1) is 0 Å². The van der Waals surface area contributed by atoms with Crippen molar-refractivity contribution >= 4 is 11.6 Å². The molecule has 0 aromatic heterocycles. The summed E-state index contributed by atoms with van der Waals surface area (Å²) in [6.45, 7) is -0.839. The monoisotopic (exact) mass is 289 g/mol. The summed E-state index contributed by atoms with van der Waals surface area (Å²) in [4.78, 5) is 13.5.